The van der Waals surface area contributed by atoms with Gasteiger partial charge >= 0.3 is 0 Å². The van der Waals surface area contributed by atoms with E-state index in [1.54, 1.807) is 26.8 Å². The van der Waals surface area contributed by atoms with Crippen molar-refractivity contribution in [3.05, 3.63) is 22.7 Å². The van der Waals surface area contributed by atoms with Crippen molar-refractivity contribution in [2.24, 2.45) is 0 Å². The van der Waals surface area contributed by atoms with Crippen LogP contribution in [0.5, 0.6) is 0 Å². The molecular weight excluding hydrogens is 366 g/mol. The summed E-state index contributed by atoms with van der Waals surface area (Å²) in [6, 6.07) is 4.41. The smallest absolute Gasteiger partial charge is 0.181 e. The first-order valence-electron chi connectivity index (χ1n) is 5.87. The van der Waals surface area contributed by atoms with Gasteiger partial charge < -0.3 is 5.73 Å². The second-order valence-corrected chi connectivity index (χ2v) is 11.3. The van der Waals surface area contributed by atoms with Crippen molar-refractivity contribution >= 4 is 41.3 Å². The standard InChI is InChI=1S/C12H18BrNO4S2/c1-12(2,3)20(17,18)7-6-19(15,16)11-5-4-9(13)8-10(11)14/h4-5,8H,6-7,14H2,1-3H3. The van der Waals surface area contributed by atoms with Crippen molar-refractivity contribution in [2.75, 3.05) is 17.2 Å². The van der Waals surface area contributed by atoms with Crippen LogP contribution in [-0.2, 0) is 19.7 Å². The Bertz CT molecular complexity index is 703. The molecule has 0 aliphatic rings. The van der Waals surface area contributed by atoms with Gasteiger partial charge in [-0.15, -0.1) is 0 Å². The van der Waals surface area contributed by atoms with Crippen molar-refractivity contribution in [1.29, 1.82) is 0 Å². The zero-order valence-electron chi connectivity index (χ0n) is 11.6. The molecule has 0 aliphatic carbocycles. The fraction of sp³-hybridized carbons (Fsp3) is 0.500. The molecule has 114 valence electrons. The summed E-state index contributed by atoms with van der Waals surface area (Å²) in [5, 5.41) is 0. The van der Waals surface area contributed by atoms with Crippen molar-refractivity contribution in [2.45, 2.75) is 30.4 Å². The third-order valence-corrected chi connectivity index (χ3v) is 8.00. The van der Waals surface area contributed by atoms with Gasteiger partial charge in [-0.05, 0) is 39.0 Å². The summed E-state index contributed by atoms with van der Waals surface area (Å²) in [5.74, 6) is -0.896. The maximum Gasteiger partial charge on any atom is 0.181 e. The molecule has 0 spiro atoms. The molecule has 0 bridgehead atoms. The van der Waals surface area contributed by atoms with Crippen LogP contribution in [0.1, 0.15) is 20.8 Å². The van der Waals surface area contributed by atoms with E-state index in [1.807, 2.05) is 0 Å². The first-order valence-corrected chi connectivity index (χ1v) is 9.97. The molecule has 1 rings (SSSR count). The predicted molar refractivity (Wildman–Crippen MR) is 84.1 cm³/mol. The van der Waals surface area contributed by atoms with Crippen molar-refractivity contribution in [3.8, 4) is 0 Å². The van der Waals surface area contributed by atoms with Gasteiger partial charge in [-0.25, -0.2) is 16.8 Å². The summed E-state index contributed by atoms with van der Waals surface area (Å²) in [6.07, 6.45) is 0. The third-order valence-electron chi connectivity index (χ3n) is 2.86. The van der Waals surface area contributed by atoms with E-state index in [0.29, 0.717) is 4.47 Å². The molecule has 0 unspecified atom stereocenters. The van der Waals surface area contributed by atoms with Crippen LogP contribution in [0, 0.1) is 0 Å². The Morgan fingerprint density at radius 3 is 2.10 bits per heavy atom. The van der Waals surface area contributed by atoms with Crippen molar-refractivity contribution < 1.29 is 16.8 Å². The van der Waals surface area contributed by atoms with Gasteiger partial charge in [0, 0.05) is 4.47 Å². The van der Waals surface area contributed by atoms with Crippen LogP contribution in [0.3, 0.4) is 0 Å². The molecular formula is C12H18BrNO4S2. The van der Waals surface area contributed by atoms with Crippen LogP contribution < -0.4 is 5.73 Å². The summed E-state index contributed by atoms with van der Waals surface area (Å²) < 4.78 is 48.0. The first kappa shape index (κ1) is 17.5. The number of nitrogens with two attached hydrogens (primary N) is 1. The third kappa shape index (κ3) is 3.95. The van der Waals surface area contributed by atoms with Gasteiger partial charge in [0.1, 0.15) is 0 Å². The van der Waals surface area contributed by atoms with Gasteiger partial charge in [-0.3, -0.25) is 0 Å². The van der Waals surface area contributed by atoms with Crippen LogP contribution in [0.15, 0.2) is 27.6 Å². The molecule has 8 heteroatoms. The molecule has 5 nitrogen and oxygen atoms in total. The van der Waals surface area contributed by atoms with Crippen LogP contribution in [0.25, 0.3) is 0 Å². The number of hydrogen-bond donors (Lipinski definition) is 1. The Balaban J connectivity index is 3.03. The second-order valence-electron chi connectivity index (χ2n) is 5.43. The summed E-state index contributed by atoms with van der Waals surface area (Å²) in [7, 11) is -7.22. The fourth-order valence-electron chi connectivity index (χ4n) is 1.44. The zero-order valence-corrected chi connectivity index (χ0v) is 14.8. The minimum absolute atomic E-state index is 0.0372. The molecule has 20 heavy (non-hydrogen) atoms. The monoisotopic (exact) mass is 383 g/mol. The highest BCUT2D eigenvalue weighted by atomic mass is 79.9. The molecule has 1 aromatic carbocycles. The summed E-state index contributed by atoms with van der Waals surface area (Å²) >= 11 is 3.19. The number of halogens is 1. The average Bonchev–Trinajstić information content (AvgIpc) is 2.24. The number of benzene rings is 1. The highest BCUT2D eigenvalue weighted by Gasteiger charge is 2.31. The Hall–Kier alpha value is -0.600. The molecule has 0 heterocycles. The van der Waals surface area contributed by atoms with E-state index in [0.717, 1.165) is 0 Å². The molecule has 1 aromatic rings. The van der Waals surface area contributed by atoms with Gasteiger partial charge in [0.15, 0.2) is 19.7 Å². The quantitative estimate of drug-likeness (QED) is 0.802. The number of sulfone groups is 2. The van der Waals surface area contributed by atoms with E-state index in [1.165, 1.54) is 12.1 Å². The van der Waals surface area contributed by atoms with Crippen molar-refractivity contribution in [3.63, 3.8) is 0 Å². The molecule has 0 saturated carbocycles. The van der Waals surface area contributed by atoms with Gasteiger partial charge in [-0.1, -0.05) is 15.9 Å². The molecule has 0 fully saturated rings. The molecule has 0 saturated heterocycles. The van der Waals surface area contributed by atoms with E-state index in [2.05, 4.69) is 15.9 Å². The number of anilines is 1. The molecule has 0 atom stereocenters. The van der Waals surface area contributed by atoms with E-state index in [4.69, 9.17) is 5.73 Å². The lowest BCUT2D eigenvalue weighted by atomic mass is 10.3. The minimum atomic E-state index is -3.73. The summed E-state index contributed by atoms with van der Waals surface area (Å²) in [6.45, 7) is 4.63. The van der Waals surface area contributed by atoms with Crippen LogP contribution in [0.4, 0.5) is 5.69 Å². The first-order chi connectivity index (χ1) is 8.87. The zero-order chi connectivity index (χ0) is 15.8. The Morgan fingerprint density at radius 2 is 1.65 bits per heavy atom. The molecule has 0 aliphatic heterocycles. The topological polar surface area (TPSA) is 94.3 Å². The van der Waals surface area contributed by atoms with E-state index in [-0.39, 0.29) is 10.6 Å². The SMILES string of the molecule is CC(C)(C)S(=O)(=O)CCS(=O)(=O)c1ccc(Br)cc1N. The lowest BCUT2D eigenvalue weighted by Gasteiger charge is -2.19. The number of rotatable bonds is 4. The molecule has 0 radical (unpaired) electrons. The second kappa shape index (κ2) is 5.65. The van der Waals surface area contributed by atoms with E-state index < -0.39 is 35.9 Å². The Kier molecular flexibility index (Phi) is 4.93. The maximum atomic E-state index is 12.2. The predicted octanol–water partition coefficient (Wildman–Crippen LogP) is 2.02. The van der Waals surface area contributed by atoms with Gasteiger partial charge in [0.05, 0.1) is 26.8 Å². The molecule has 0 amide bonds. The maximum absolute atomic E-state index is 12.2. The Labute approximate surface area is 128 Å². The normalized spacial score (nSPS) is 13.4. The highest BCUT2D eigenvalue weighted by molar-refractivity contribution is 9.10. The lowest BCUT2D eigenvalue weighted by Crippen LogP contribution is -2.33. The van der Waals surface area contributed by atoms with Crippen LogP contribution in [0.2, 0.25) is 0 Å². The van der Waals surface area contributed by atoms with Crippen molar-refractivity contribution in [1.82, 2.24) is 0 Å². The van der Waals surface area contributed by atoms with E-state index >= 15 is 0 Å². The summed E-state index contributed by atoms with van der Waals surface area (Å²) in [5.41, 5.74) is 5.78. The van der Waals surface area contributed by atoms with Crippen LogP contribution >= 0.6 is 15.9 Å². The molecule has 0 aromatic heterocycles. The van der Waals surface area contributed by atoms with Gasteiger partial charge in [0.25, 0.3) is 0 Å². The number of nitrogen functional groups attached to an aromatic ring is 1. The van der Waals surface area contributed by atoms with Crippen LogP contribution in [-0.4, -0.2) is 33.1 Å². The lowest BCUT2D eigenvalue weighted by molar-refractivity contribution is 0.559. The van der Waals surface area contributed by atoms with Gasteiger partial charge in [0.2, 0.25) is 0 Å². The highest BCUT2D eigenvalue weighted by Crippen LogP contribution is 2.25. The summed E-state index contributed by atoms with van der Waals surface area (Å²) in [4.78, 5) is -0.0372. The van der Waals surface area contributed by atoms with Gasteiger partial charge in [-0.2, -0.15) is 0 Å². The number of hydrogen-bond acceptors (Lipinski definition) is 5. The van der Waals surface area contributed by atoms with E-state index in [9.17, 15) is 16.8 Å². The molecule has 2 N–H and O–H groups in total. The minimum Gasteiger partial charge on any atom is -0.398 e. The Morgan fingerprint density at radius 1 is 1.10 bits per heavy atom. The average molecular weight is 384 g/mol. The largest absolute Gasteiger partial charge is 0.398 e. The fourth-order valence-corrected chi connectivity index (χ4v) is 5.10.